The van der Waals surface area contributed by atoms with Gasteiger partial charge in [0.25, 0.3) is 5.91 Å². The Bertz CT molecular complexity index is 673. The number of nitriles is 1. The maximum absolute atomic E-state index is 11.9. The van der Waals surface area contributed by atoms with Crippen LogP contribution in [0.15, 0.2) is 59.7 Å². The molecule has 5 nitrogen and oxygen atoms in total. The number of nitrogens with one attached hydrogen (secondary N) is 1. The Balaban J connectivity index is 2.01. The van der Waals surface area contributed by atoms with Gasteiger partial charge in [0.2, 0.25) is 0 Å². The van der Waals surface area contributed by atoms with Gasteiger partial charge in [-0.25, -0.2) is 5.43 Å². The molecule has 2 rings (SSSR count). The first-order chi connectivity index (χ1) is 10.2. The van der Waals surface area contributed by atoms with Gasteiger partial charge in [0, 0.05) is 0 Å². The van der Waals surface area contributed by atoms with Crippen molar-refractivity contribution in [1.29, 1.82) is 5.26 Å². The maximum Gasteiger partial charge on any atom is 0.261 e. The number of nitrogens with zero attached hydrogens (tertiary/aromatic N) is 2. The summed E-state index contributed by atoms with van der Waals surface area (Å²) in [5.74, 6) is -1.23. The quantitative estimate of drug-likeness (QED) is 0.664. The van der Waals surface area contributed by atoms with Crippen molar-refractivity contribution in [2.45, 2.75) is 5.92 Å². The number of phenols is 1. The lowest BCUT2D eigenvalue weighted by Crippen LogP contribution is -2.24. The van der Waals surface area contributed by atoms with Crippen LogP contribution in [-0.4, -0.2) is 17.2 Å². The lowest BCUT2D eigenvalue weighted by molar-refractivity contribution is -0.121. The van der Waals surface area contributed by atoms with Crippen molar-refractivity contribution in [2.24, 2.45) is 5.10 Å². The number of rotatable bonds is 4. The number of amides is 1. The Labute approximate surface area is 122 Å². The van der Waals surface area contributed by atoms with Gasteiger partial charge in [0.05, 0.1) is 12.3 Å². The summed E-state index contributed by atoms with van der Waals surface area (Å²) in [5, 5.41) is 22.1. The molecule has 0 aliphatic heterocycles. The van der Waals surface area contributed by atoms with Crippen LogP contribution < -0.4 is 5.43 Å². The van der Waals surface area contributed by atoms with Crippen molar-refractivity contribution in [3.05, 3.63) is 65.7 Å². The lowest BCUT2D eigenvalue weighted by atomic mass is 10.0. The normalized spacial score (nSPS) is 11.8. The molecule has 2 N–H and O–H groups in total. The van der Waals surface area contributed by atoms with E-state index in [1.54, 1.807) is 36.4 Å². The van der Waals surface area contributed by atoms with Gasteiger partial charge in [-0.2, -0.15) is 10.4 Å². The van der Waals surface area contributed by atoms with Crippen LogP contribution in [0.4, 0.5) is 0 Å². The molecule has 21 heavy (non-hydrogen) atoms. The van der Waals surface area contributed by atoms with Crippen LogP contribution in [0.25, 0.3) is 0 Å². The Morgan fingerprint density at radius 1 is 1.19 bits per heavy atom. The van der Waals surface area contributed by atoms with Gasteiger partial charge in [0.1, 0.15) is 5.75 Å². The summed E-state index contributed by atoms with van der Waals surface area (Å²) in [6, 6.07) is 17.1. The Morgan fingerprint density at radius 2 is 1.86 bits per heavy atom. The fraction of sp³-hybridized carbons (Fsp3) is 0.0625. The number of benzene rings is 2. The summed E-state index contributed by atoms with van der Waals surface area (Å²) in [6.45, 7) is 0. The van der Waals surface area contributed by atoms with Crippen LogP contribution >= 0.6 is 0 Å². The van der Waals surface area contributed by atoms with Gasteiger partial charge in [-0.05, 0) is 35.4 Å². The van der Waals surface area contributed by atoms with E-state index in [2.05, 4.69) is 10.5 Å². The SMILES string of the molecule is N#C[C@@H](C(=O)N/N=C\c1ccc(O)cc1)c1ccccc1. The first-order valence-corrected chi connectivity index (χ1v) is 6.27. The molecule has 5 heteroatoms. The molecule has 0 fully saturated rings. The third kappa shape index (κ3) is 3.91. The van der Waals surface area contributed by atoms with E-state index in [0.29, 0.717) is 5.56 Å². The predicted octanol–water partition coefficient (Wildman–Crippen LogP) is 2.15. The average Bonchev–Trinajstić information content (AvgIpc) is 2.51. The molecular formula is C16H13N3O2. The molecule has 0 bridgehead atoms. The minimum atomic E-state index is -0.900. The van der Waals surface area contributed by atoms with Crippen LogP contribution in [0.5, 0.6) is 5.75 Å². The zero-order valence-corrected chi connectivity index (χ0v) is 11.1. The second-order valence-electron chi connectivity index (χ2n) is 4.30. The van der Waals surface area contributed by atoms with Crippen LogP contribution in [0.1, 0.15) is 17.0 Å². The topological polar surface area (TPSA) is 85.5 Å². The standard InChI is InChI=1S/C16H13N3O2/c17-10-15(13-4-2-1-3-5-13)16(21)19-18-11-12-6-8-14(20)9-7-12/h1-9,11,15,20H,(H,19,21)/b18-11-/t15-/m1/s1. The zero-order chi connectivity index (χ0) is 15.1. The number of carbonyl (C=O) groups excluding carboxylic acids is 1. The number of hydrazone groups is 1. The van der Waals surface area contributed by atoms with Gasteiger partial charge < -0.3 is 5.11 Å². The molecule has 0 unspecified atom stereocenters. The summed E-state index contributed by atoms with van der Waals surface area (Å²) in [4.78, 5) is 11.9. The molecular weight excluding hydrogens is 266 g/mol. The molecule has 0 aliphatic rings. The van der Waals surface area contributed by atoms with E-state index in [1.165, 1.54) is 18.3 Å². The first kappa shape index (κ1) is 14.3. The molecule has 0 radical (unpaired) electrons. The van der Waals surface area contributed by atoms with Crippen LogP contribution in [0.3, 0.4) is 0 Å². The molecule has 0 spiro atoms. The van der Waals surface area contributed by atoms with Crippen molar-refractivity contribution in [3.63, 3.8) is 0 Å². The summed E-state index contributed by atoms with van der Waals surface area (Å²) in [5.41, 5.74) is 3.69. The molecule has 0 heterocycles. The molecule has 0 saturated heterocycles. The maximum atomic E-state index is 11.9. The Kier molecular flexibility index (Phi) is 4.67. The summed E-state index contributed by atoms with van der Waals surface area (Å²) < 4.78 is 0. The number of aromatic hydroxyl groups is 1. The minimum Gasteiger partial charge on any atom is -0.508 e. The third-order valence-corrected chi connectivity index (χ3v) is 2.81. The molecule has 0 aromatic heterocycles. The molecule has 0 aliphatic carbocycles. The van der Waals surface area contributed by atoms with Crippen molar-refractivity contribution in [1.82, 2.24) is 5.43 Å². The fourth-order valence-electron chi connectivity index (χ4n) is 1.73. The van der Waals surface area contributed by atoms with Crippen molar-refractivity contribution in [2.75, 3.05) is 0 Å². The number of hydrogen-bond acceptors (Lipinski definition) is 4. The van der Waals surface area contributed by atoms with E-state index in [4.69, 9.17) is 10.4 Å². The van der Waals surface area contributed by atoms with Crippen molar-refractivity contribution >= 4 is 12.1 Å². The molecule has 2 aromatic rings. The largest absolute Gasteiger partial charge is 0.508 e. The molecule has 104 valence electrons. The second-order valence-corrected chi connectivity index (χ2v) is 4.30. The van der Waals surface area contributed by atoms with Gasteiger partial charge in [-0.15, -0.1) is 0 Å². The van der Waals surface area contributed by atoms with Gasteiger partial charge in [-0.1, -0.05) is 30.3 Å². The Morgan fingerprint density at radius 3 is 2.48 bits per heavy atom. The number of carbonyl (C=O) groups is 1. The highest BCUT2D eigenvalue weighted by atomic mass is 16.3. The first-order valence-electron chi connectivity index (χ1n) is 6.27. The van der Waals surface area contributed by atoms with E-state index in [0.717, 1.165) is 5.56 Å². The summed E-state index contributed by atoms with van der Waals surface area (Å²) in [7, 11) is 0. The van der Waals surface area contributed by atoms with Crippen molar-refractivity contribution in [3.8, 4) is 11.8 Å². The number of phenolic OH excluding ortho intramolecular Hbond substituents is 1. The highest BCUT2D eigenvalue weighted by molar-refractivity contribution is 5.88. The van der Waals surface area contributed by atoms with E-state index in [-0.39, 0.29) is 5.75 Å². The number of hydrogen-bond donors (Lipinski definition) is 2. The monoisotopic (exact) mass is 279 g/mol. The average molecular weight is 279 g/mol. The Hall–Kier alpha value is -3.13. The van der Waals surface area contributed by atoms with Crippen molar-refractivity contribution < 1.29 is 9.90 Å². The van der Waals surface area contributed by atoms with Crippen LogP contribution in [0.2, 0.25) is 0 Å². The van der Waals surface area contributed by atoms with Crippen LogP contribution in [-0.2, 0) is 4.79 Å². The van der Waals surface area contributed by atoms with Gasteiger partial charge in [-0.3, -0.25) is 4.79 Å². The highest BCUT2D eigenvalue weighted by Gasteiger charge is 2.19. The molecule has 1 amide bonds. The fourth-order valence-corrected chi connectivity index (χ4v) is 1.73. The lowest BCUT2D eigenvalue weighted by Gasteiger charge is -2.06. The summed E-state index contributed by atoms with van der Waals surface area (Å²) in [6.07, 6.45) is 1.44. The zero-order valence-electron chi connectivity index (χ0n) is 11.1. The van der Waals surface area contributed by atoms with E-state index in [9.17, 15) is 4.79 Å². The summed E-state index contributed by atoms with van der Waals surface area (Å²) >= 11 is 0. The van der Waals surface area contributed by atoms with E-state index < -0.39 is 11.8 Å². The second kappa shape index (κ2) is 6.87. The third-order valence-electron chi connectivity index (χ3n) is 2.81. The molecule has 2 aromatic carbocycles. The highest BCUT2D eigenvalue weighted by Crippen LogP contribution is 2.14. The van der Waals surface area contributed by atoms with E-state index in [1.807, 2.05) is 12.1 Å². The van der Waals surface area contributed by atoms with E-state index >= 15 is 0 Å². The molecule has 1 atom stereocenters. The van der Waals surface area contributed by atoms with Gasteiger partial charge >= 0.3 is 0 Å². The molecule has 0 saturated carbocycles. The minimum absolute atomic E-state index is 0.157. The van der Waals surface area contributed by atoms with Crippen LogP contribution in [0, 0.1) is 11.3 Å². The van der Waals surface area contributed by atoms with Gasteiger partial charge in [0.15, 0.2) is 5.92 Å². The smallest absolute Gasteiger partial charge is 0.261 e. The predicted molar refractivity (Wildman–Crippen MR) is 78.6 cm³/mol.